The molecular formula is C47H157Au2N17O4S2. The van der Waals surface area contributed by atoms with Gasteiger partial charge >= 0.3 is 0 Å². The Morgan fingerprint density at radius 3 is 0.681 bits per heavy atom. The van der Waals surface area contributed by atoms with Crippen molar-refractivity contribution in [2.24, 2.45) is 91.7 Å². The molecule has 72 heavy (non-hydrogen) atoms. The normalized spacial score (nSPS) is 6.81. The van der Waals surface area contributed by atoms with Gasteiger partial charge in [-0.2, -0.15) is 23.5 Å². The molecule has 1 saturated heterocycles. The summed E-state index contributed by atoms with van der Waals surface area (Å²) in [7, 11) is 24.0. The molecule has 0 aromatic rings. The molecule has 1 aliphatic rings. The topological polar surface area (TPSA) is 483 Å². The number of likely N-dealkylation sites (tertiary alicyclic amines) is 1. The maximum absolute atomic E-state index is 11.5. The monoisotopic (exact) mass is 1480 g/mol. The molecule has 0 aliphatic carbocycles. The SMILES string of the molecule is CC.CC.CC.CC.CC.CC.CC.CC.CN.CN.CN.CN.CN.CN.CN.CN.CN.CN.CN.CN.CN.CN.CN.CN.CSC.CSCCCCCCCC(OO)N1C(=O)CCC1=O.[Au].[Au]. The molecule has 2 amide bonds. The number of nitrogens with two attached hydrogens (primary N) is 16. The average Bonchev–Trinajstić information content (AvgIpc) is 3.88. The number of rotatable bonds is 10. The summed E-state index contributed by atoms with van der Waals surface area (Å²) >= 11 is 3.61. The summed E-state index contributed by atoms with van der Waals surface area (Å²) in [6.45, 7) is 32.0. The summed E-state index contributed by atoms with van der Waals surface area (Å²) in [5.74, 6) is 0.701. The van der Waals surface area contributed by atoms with Crippen LogP contribution in [0.1, 0.15) is 162 Å². The second kappa shape index (κ2) is 590. The van der Waals surface area contributed by atoms with Crippen molar-refractivity contribution in [1.29, 1.82) is 0 Å². The number of carbonyl (C=O) groups is 2. The van der Waals surface area contributed by atoms with Gasteiger partial charge in [0.15, 0.2) is 6.23 Å². The van der Waals surface area contributed by atoms with E-state index < -0.39 is 6.23 Å². The van der Waals surface area contributed by atoms with E-state index in [9.17, 15) is 9.59 Å². The van der Waals surface area contributed by atoms with Gasteiger partial charge in [-0.3, -0.25) is 14.5 Å². The third-order valence-electron chi connectivity index (χ3n) is 3.30. The van der Waals surface area contributed by atoms with Crippen molar-refractivity contribution in [1.82, 2.24) is 4.90 Å². The molecular weight excluding hydrogens is 1320 g/mol. The van der Waals surface area contributed by atoms with Crippen molar-refractivity contribution in [2.75, 3.05) is 137 Å². The first-order valence-corrected chi connectivity index (χ1v) is 27.9. The van der Waals surface area contributed by atoms with E-state index in [0.29, 0.717) is 6.42 Å². The first kappa shape index (κ1) is 179. The van der Waals surface area contributed by atoms with Gasteiger partial charge in [-0.25, -0.2) is 10.1 Å². The Bertz CT molecular complexity index is 372. The fourth-order valence-electron chi connectivity index (χ4n) is 2.24. The summed E-state index contributed by atoms with van der Waals surface area (Å²) in [6, 6.07) is 0. The standard InChI is InChI=1S/C13H23NO4S.C2H6S.8C2H6.16CH5N.2Au/c1-19-10-6-4-2-3-5-7-13(18-17)14-11(15)8-9-12(14)16;1-3-2;24*1-2;;/h13,17H,2-10H2,1H3;1-2H3;8*1-2H3;16*2H2,1H3;;. The van der Waals surface area contributed by atoms with Crippen molar-refractivity contribution < 1.29 is 64.5 Å². The molecule has 1 rings (SSSR count). The zero-order chi connectivity index (χ0) is 64.8. The van der Waals surface area contributed by atoms with Gasteiger partial charge in [-0.05, 0) is 157 Å². The smallest absolute Gasteiger partial charge is 0.231 e. The second-order valence-electron chi connectivity index (χ2n) is 5.18. The summed E-state index contributed by atoms with van der Waals surface area (Å²) in [4.78, 5) is 28.4. The number of amides is 2. The zero-order valence-corrected chi connectivity index (χ0v) is 61.7. The number of hydrogen-bond acceptors (Lipinski definition) is 22. The fourth-order valence-corrected chi connectivity index (χ4v) is 2.73. The van der Waals surface area contributed by atoms with E-state index in [2.05, 4.69) is 103 Å². The van der Waals surface area contributed by atoms with Gasteiger partial charge in [0, 0.05) is 57.6 Å². The van der Waals surface area contributed by atoms with Crippen LogP contribution < -0.4 is 91.7 Å². The first-order chi connectivity index (χ1) is 34.6. The molecule has 1 heterocycles. The van der Waals surface area contributed by atoms with E-state index >= 15 is 0 Å². The number of carbonyl (C=O) groups excluding carboxylic acids is 2. The van der Waals surface area contributed by atoms with Gasteiger partial charge in [0.2, 0.25) is 11.8 Å². The van der Waals surface area contributed by atoms with Gasteiger partial charge < -0.3 is 91.7 Å². The minimum Gasteiger partial charge on any atom is -0.333 e. The molecule has 33 N–H and O–H groups in total. The van der Waals surface area contributed by atoms with Crippen LogP contribution in [-0.4, -0.2) is 165 Å². The van der Waals surface area contributed by atoms with Crippen LogP contribution in [0.5, 0.6) is 0 Å². The van der Waals surface area contributed by atoms with Gasteiger partial charge in [0.05, 0.1) is 0 Å². The molecule has 21 nitrogen and oxygen atoms in total. The summed E-state index contributed by atoms with van der Waals surface area (Å²) < 4.78 is 0. The molecule has 0 bridgehead atoms. The minimum absolute atomic E-state index is 0. The quantitative estimate of drug-likeness (QED) is 0.0448. The van der Waals surface area contributed by atoms with Gasteiger partial charge in [0.25, 0.3) is 0 Å². The summed E-state index contributed by atoms with van der Waals surface area (Å²) in [5, 5.41) is 8.85. The maximum Gasteiger partial charge on any atom is 0.231 e. The Morgan fingerprint density at radius 2 is 0.528 bits per heavy atom. The van der Waals surface area contributed by atoms with Crippen LogP contribution in [0.3, 0.4) is 0 Å². The van der Waals surface area contributed by atoms with Gasteiger partial charge in [-0.15, -0.1) is 0 Å². The van der Waals surface area contributed by atoms with Crippen LogP contribution in [0.25, 0.3) is 0 Å². The van der Waals surface area contributed by atoms with Crippen LogP contribution in [0.15, 0.2) is 0 Å². The van der Waals surface area contributed by atoms with Crippen molar-refractivity contribution in [2.45, 2.75) is 168 Å². The number of thioether (sulfide) groups is 2. The van der Waals surface area contributed by atoms with E-state index in [-0.39, 0.29) is 69.4 Å². The third kappa shape index (κ3) is 418. The van der Waals surface area contributed by atoms with Crippen molar-refractivity contribution in [3.05, 3.63) is 0 Å². The Kier molecular flexibility index (Phi) is 1470. The molecule has 1 aliphatic heterocycles. The van der Waals surface area contributed by atoms with Gasteiger partial charge in [-0.1, -0.05) is 130 Å². The Labute approximate surface area is 499 Å². The van der Waals surface area contributed by atoms with E-state index in [1.807, 2.05) is 135 Å². The molecule has 2 radical (unpaired) electrons. The molecule has 488 valence electrons. The van der Waals surface area contributed by atoms with Crippen molar-refractivity contribution in [3.63, 3.8) is 0 Å². The Balaban J connectivity index is -0.0000000131. The van der Waals surface area contributed by atoms with Crippen LogP contribution in [0.4, 0.5) is 0 Å². The number of nitrogens with zero attached hydrogens (tertiary/aromatic N) is 1. The van der Waals surface area contributed by atoms with Crippen LogP contribution >= 0.6 is 23.5 Å². The van der Waals surface area contributed by atoms with E-state index in [1.165, 1.54) is 131 Å². The predicted molar refractivity (Wildman–Crippen MR) is 347 cm³/mol. The molecule has 1 atom stereocenters. The molecule has 0 aromatic carbocycles. The van der Waals surface area contributed by atoms with Crippen LogP contribution in [0, 0.1) is 0 Å². The number of imide groups is 1. The van der Waals surface area contributed by atoms with Gasteiger partial charge in [0.1, 0.15) is 0 Å². The molecule has 0 aromatic heterocycles. The summed E-state index contributed by atoms with van der Waals surface area (Å²) in [6.07, 6.45) is 11.8. The molecule has 1 fully saturated rings. The third-order valence-corrected chi connectivity index (χ3v) is 4.00. The molecule has 25 heteroatoms. The van der Waals surface area contributed by atoms with E-state index in [0.717, 1.165) is 24.2 Å². The van der Waals surface area contributed by atoms with Crippen molar-refractivity contribution in [3.8, 4) is 0 Å². The van der Waals surface area contributed by atoms with E-state index in [4.69, 9.17) is 5.26 Å². The summed E-state index contributed by atoms with van der Waals surface area (Å²) in [5.41, 5.74) is 72.0. The van der Waals surface area contributed by atoms with Crippen LogP contribution in [-0.2, 0) is 59.2 Å². The molecule has 0 saturated carbocycles. The predicted octanol–water partition coefficient (Wildman–Crippen LogP) is 5.04. The Morgan fingerprint density at radius 1 is 0.375 bits per heavy atom. The second-order valence-corrected chi connectivity index (χ2v) is 6.98. The fraction of sp³-hybridized carbons (Fsp3) is 0.957. The average molecular weight is 1480 g/mol. The number of unbranched alkanes of at least 4 members (excludes halogenated alkanes) is 4. The zero-order valence-electron chi connectivity index (χ0n) is 55.7. The van der Waals surface area contributed by atoms with Crippen LogP contribution in [0.2, 0.25) is 0 Å². The first-order valence-electron chi connectivity index (χ1n) is 24.9. The number of hydrogen-bond donors (Lipinski definition) is 17. The largest absolute Gasteiger partial charge is 0.333 e. The van der Waals surface area contributed by atoms with Crippen molar-refractivity contribution >= 4 is 35.3 Å². The van der Waals surface area contributed by atoms with E-state index in [1.54, 1.807) is 11.8 Å². The molecule has 1 unspecified atom stereocenters. The molecule has 0 spiro atoms. The Hall–Kier alpha value is 0.601. The minimum atomic E-state index is -0.798. The maximum atomic E-state index is 11.5.